The Balaban J connectivity index is 2.35. The molecule has 0 bridgehead atoms. The van der Waals surface area contributed by atoms with Gasteiger partial charge < -0.3 is 0 Å². The standard InChI is InChI=1S/C10H13N2/c1-7-9-5-3-2-4-8(9)6-10(7)12-11/h2-5,10,12H,6,11H2,1H3/q+1/t10-/m0/s1. The van der Waals surface area contributed by atoms with Gasteiger partial charge in [-0.3, -0.25) is 5.84 Å². The maximum atomic E-state index is 5.43. The van der Waals surface area contributed by atoms with Gasteiger partial charge in [0, 0.05) is 13.0 Å². The van der Waals surface area contributed by atoms with Crippen LogP contribution in [0, 0.1) is 5.92 Å². The molecule has 62 valence electrons. The SMILES string of the molecule is C[C+]1c2ccccc2C[C@@H]1NN. The van der Waals surface area contributed by atoms with E-state index in [0.29, 0.717) is 6.04 Å². The molecule has 0 unspecified atom stereocenters. The van der Waals surface area contributed by atoms with Crippen molar-refractivity contribution in [1.29, 1.82) is 0 Å². The second-order valence-corrected chi connectivity index (χ2v) is 3.26. The molecule has 0 fully saturated rings. The van der Waals surface area contributed by atoms with Crippen molar-refractivity contribution in [3.8, 4) is 0 Å². The molecule has 0 radical (unpaired) electrons. The average Bonchev–Trinajstić information content (AvgIpc) is 2.44. The fraction of sp³-hybridized carbons (Fsp3) is 0.300. The number of fused-ring (bicyclic) bond motifs is 1. The first kappa shape index (κ1) is 7.65. The fourth-order valence-electron chi connectivity index (χ4n) is 1.83. The van der Waals surface area contributed by atoms with Crippen LogP contribution in [0.5, 0.6) is 0 Å². The van der Waals surface area contributed by atoms with E-state index in [4.69, 9.17) is 5.84 Å². The van der Waals surface area contributed by atoms with Gasteiger partial charge in [-0.15, -0.1) is 0 Å². The van der Waals surface area contributed by atoms with Crippen LogP contribution in [0.25, 0.3) is 0 Å². The summed E-state index contributed by atoms with van der Waals surface area (Å²) in [6, 6.07) is 8.80. The molecule has 0 aliphatic heterocycles. The van der Waals surface area contributed by atoms with Crippen molar-refractivity contribution in [1.82, 2.24) is 5.43 Å². The number of hydrazine groups is 1. The van der Waals surface area contributed by atoms with Gasteiger partial charge in [0.15, 0.2) is 0 Å². The summed E-state index contributed by atoms with van der Waals surface area (Å²) in [6.07, 6.45) is 1.03. The van der Waals surface area contributed by atoms with Crippen molar-refractivity contribution in [2.24, 2.45) is 5.84 Å². The number of benzene rings is 1. The molecule has 1 atom stereocenters. The van der Waals surface area contributed by atoms with Crippen molar-refractivity contribution < 1.29 is 0 Å². The summed E-state index contributed by atoms with van der Waals surface area (Å²) in [5.74, 6) is 6.79. The smallest absolute Gasteiger partial charge is 0.137 e. The zero-order valence-electron chi connectivity index (χ0n) is 7.17. The first-order chi connectivity index (χ1) is 5.83. The van der Waals surface area contributed by atoms with Gasteiger partial charge in [0.2, 0.25) is 0 Å². The highest BCUT2D eigenvalue weighted by Crippen LogP contribution is 2.31. The Kier molecular flexibility index (Phi) is 1.79. The van der Waals surface area contributed by atoms with Crippen molar-refractivity contribution in [2.75, 3.05) is 0 Å². The lowest BCUT2D eigenvalue weighted by Gasteiger charge is -2.07. The van der Waals surface area contributed by atoms with E-state index in [1.165, 1.54) is 17.0 Å². The molecular weight excluding hydrogens is 148 g/mol. The van der Waals surface area contributed by atoms with Crippen LogP contribution in [0.2, 0.25) is 0 Å². The van der Waals surface area contributed by atoms with E-state index in [9.17, 15) is 0 Å². The van der Waals surface area contributed by atoms with Gasteiger partial charge in [0.25, 0.3) is 0 Å². The van der Waals surface area contributed by atoms with Gasteiger partial charge in [-0.25, -0.2) is 5.43 Å². The Hall–Kier alpha value is -0.990. The molecule has 0 aromatic heterocycles. The summed E-state index contributed by atoms with van der Waals surface area (Å²) in [6.45, 7) is 2.14. The monoisotopic (exact) mass is 161 g/mol. The summed E-state index contributed by atoms with van der Waals surface area (Å²) >= 11 is 0. The second kappa shape index (κ2) is 2.81. The average molecular weight is 161 g/mol. The van der Waals surface area contributed by atoms with E-state index in [1.807, 2.05) is 0 Å². The fourth-order valence-corrected chi connectivity index (χ4v) is 1.83. The Morgan fingerprint density at radius 1 is 1.50 bits per heavy atom. The summed E-state index contributed by atoms with van der Waals surface area (Å²) in [4.78, 5) is 0. The molecule has 2 rings (SSSR count). The number of hydrogen-bond donors (Lipinski definition) is 2. The zero-order chi connectivity index (χ0) is 8.55. The van der Waals surface area contributed by atoms with Crippen LogP contribution in [-0.2, 0) is 6.42 Å². The quantitative estimate of drug-likeness (QED) is 0.366. The van der Waals surface area contributed by atoms with E-state index in [-0.39, 0.29) is 0 Å². The van der Waals surface area contributed by atoms with Crippen LogP contribution >= 0.6 is 0 Å². The van der Waals surface area contributed by atoms with Crippen LogP contribution in [0.15, 0.2) is 24.3 Å². The molecule has 12 heavy (non-hydrogen) atoms. The zero-order valence-corrected chi connectivity index (χ0v) is 7.17. The van der Waals surface area contributed by atoms with E-state index in [2.05, 4.69) is 36.6 Å². The van der Waals surface area contributed by atoms with Crippen molar-refractivity contribution in [2.45, 2.75) is 19.4 Å². The van der Waals surface area contributed by atoms with Crippen LogP contribution in [0.4, 0.5) is 0 Å². The van der Waals surface area contributed by atoms with Crippen LogP contribution in [-0.4, -0.2) is 6.04 Å². The van der Waals surface area contributed by atoms with Gasteiger partial charge in [-0.2, -0.15) is 0 Å². The highest BCUT2D eigenvalue weighted by Gasteiger charge is 2.35. The van der Waals surface area contributed by atoms with Crippen molar-refractivity contribution in [3.63, 3.8) is 0 Å². The van der Waals surface area contributed by atoms with E-state index in [1.54, 1.807) is 0 Å². The highest BCUT2D eigenvalue weighted by atomic mass is 15.2. The number of nitrogens with one attached hydrogen (secondary N) is 1. The third kappa shape index (κ3) is 1.00. The minimum atomic E-state index is 0.336. The first-order valence-electron chi connectivity index (χ1n) is 4.21. The predicted octanol–water partition coefficient (Wildman–Crippen LogP) is 1.02. The van der Waals surface area contributed by atoms with Crippen LogP contribution in [0.1, 0.15) is 18.1 Å². The van der Waals surface area contributed by atoms with Gasteiger partial charge in [-0.05, 0) is 18.2 Å². The van der Waals surface area contributed by atoms with Crippen LogP contribution in [0.3, 0.4) is 0 Å². The van der Waals surface area contributed by atoms with Gasteiger partial charge in [0.05, 0.1) is 17.9 Å². The lowest BCUT2D eigenvalue weighted by molar-refractivity contribution is 0.579. The molecule has 1 aromatic carbocycles. The van der Waals surface area contributed by atoms with E-state index < -0.39 is 0 Å². The van der Waals surface area contributed by atoms with Gasteiger partial charge >= 0.3 is 0 Å². The minimum Gasteiger partial charge on any atom is -0.270 e. The molecule has 2 nitrogen and oxygen atoms in total. The maximum Gasteiger partial charge on any atom is 0.137 e. The van der Waals surface area contributed by atoms with Crippen molar-refractivity contribution in [3.05, 3.63) is 41.3 Å². The van der Waals surface area contributed by atoms with E-state index >= 15 is 0 Å². The second-order valence-electron chi connectivity index (χ2n) is 3.26. The van der Waals surface area contributed by atoms with Crippen LogP contribution < -0.4 is 11.3 Å². The van der Waals surface area contributed by atoms with E-state index in [0.717, 1.165) is 6.42 Å². The third-order valence-electron chi connectivity index (χ3n) is 2.59. The molecule has 0 heterocycles. The topological polar surface area (TPSA) is 38.0 Å². The van der Waals surface area contributed by atoms with Crippen molar-refractivity contribution >= 4 is 0 Å². The highest BCUT2D eigenvalue weighted by molar-refractivity contribution is 5.46. The van der Waals surface area contributed by atoms with Gasteiger partial charge in [0.1, 0.15) is 11.6 Å². The molecule has 1 aliphatic carbocycles. The summed E-state index contributed by atoms with van der Waals surface area (Å²) < 4.78 is 0. The molecule has 0 saturated carbocycles. The Bertz CT molecular complexity index is 283. The molecule has 3 N–H and O–H groups in total. The third-order valence-corrected chi connectivity index (χ3v) is 2.59. The molecule has 1 aromatic rings. The molecule has 0 saturated heterocycles. The first-order valence-corrected chi connectivity index (χ1v) is 4.21. The Morgan fingerprint density at radius 3 is 2.92 bits per heavy atom. The van der Waals surface area contributed by atoms with Gasteiger partial charge in [-0.1, -0.05) is 0 Å². The lowest BCUT2D eigenvalue weighted by Crippen LogP contribution is -2.37. The number of hydrogen-bond acceptors (Lipinski definition) is 2. The Morgan fingerprint density at radius 2 is 2.25 bits per heavy atom. The molecule has 0 spiro atoms. The molecular formula is C10H13N2+. The predicted molar refractivity (Wildman–Crippen MR) is 49.3 cm³/mol. The minimum absolute atomic E-state index is 0.336. The maximum absolute atomic E-state index is 5.43. The normalized spacial score (nSPS) is 21.2. The Labute approximate surface area is 72.7 Å². The molecule has 1 aliphatic rings. The summed E-state index contributed by atoms with van der Waals surface area (Å²) in [7, 11) is 0. The largest absolute Gasteiger partial charge is 0.270 e. The summed E-state index contributed by atoms with van der Waals surface area (Å²) in [5.41, 5.74) is 5.59. The number of nitrogens with two attached hydrogens (primary N) is 1. The molecule has 0 amide bonds. The lowest BCUT2D eigenvalue weighted by atomic mass is 10.0. The number of rotatable bonds is 1. The summed E-state index contributed by atoms with van der Waals surface area (Å²) in [5, 5.41) is 0. The molecule has 2 heteroatoms.